The average Bonchev–Trinajstić information content (AvgIpc) is 2.35. The van der Waals surface area contributed by atoms with Crippen LogP contribution in [-0.2, 0) is 11.2 Å². The number of nitrogens with one attached hydrogen (secondary N) is 2. The smallest absolute Gasteiger partial charge is 0.252 e. The predicted octanol–water partition coefficient (Wildman–Crippen LogP) is 0.934. The van der Waals surface area contributed by atoms with Gasteiger partial charge in [-0.1, -0.05) is 5.92 Å². The van der Waals surface area contributed by atoms with E-state index < -0.39 is 0 Å². The fourth-order valence-electron chi connectivity index (χ4n) is 1.76. The van der Waals surface area contributed by atoms with Crippen LogP contribution < -0.4 is 10.6 Å². The molecule has 2 rings (SSSR count). The number of anilines is 1. The van der Waals surface area contributed by atoms with Crippen LogP contribution in [0.3, 0.4) is 0 Å². The van der Waals surface area contributed by atoms with Gasteiger partial charge in [0.1, 0.15) is 0 Å². The van der Waals surface area contributed by atoms with Crippen molar-refractivity contribution in [3.63, 3.8) is 0 Å². The molecule has 4 heteroatoms. The van der Waals surface area contributed by atoms with Gasteiger partial charge in [-0.05, 0) is 30.2 Å². The van der Waals surface area contributed by atoms with Crippen LogP contribution in [-0.4, -0.2) is 18.4 Å². The maximum Gasteiger partial charge on any atom is 0.252 e. The molecule has 86 valence electrons. The number of hydrogen-bond donors (Lipinski definition) is 2. The van der Waals surface area contributed by atoms with Gasteiger partial charge in [0.15, 0.2) is 0 Å². The van der Waals surface area contributed by atoms with E-state index in [4.69, 9.17) is 6.42 Å². The number of aryl methyl sites for hydroxylation is 1. The fourth-order valence-corrected chi connectivity index (χ4v) is 1.76. The predicted molar refractivity (Wildman–Crippen MR) is 64.6 cm³/mol. The van der Waals surface area contributed by atoms with Crippen LogP contribution in [0.15, 0.2) is 18.2 Å². The monoisotopic (exact) mass is 228 g/mol. The van der Waals surface area contributed by atoms with E-state index in [2.05, 4.69) is 16.6 Å². The van der Waals surface area contributed by atoms with Gasteiger partial charge in [-0.25, -0.2) is 0 Å². The molecular formula is C13H12N2O2. The molecule has 1 aromatic carbocycles. The van der Waals surface area contributed by atoms with E-state index in [1.165, 1.54) is 0 Å². The van der Waals surface area contributed by atoms with Crippen LogP contribution in [0.5, 0.6) is 0 Å². The Bertz CT molecular complexity index is 515. The first-order chi connectivity index (χ1) is 8.20. The topological polar surface area (TPSA) is 58.2 Å². The number of carbonyl (C=O) groups is 2. The van der Waals surface area contributed by atoms with Gasteiger partial charge in [0, 0.05) is 17.7 Å². The quantitative estimate of drug-likeness (QED) is 0.740. The Morgan fingerprint density at radius 3 is 3.06 bits per heavy atom. The highest BCUT2D eigenvalue weighted by Gasteiger charge is 2.16. The van der Waals surface area contributed by atoms with E-state index in [0.29, 0.717) is 18.4 Å². The minimum Gasteiger partial charge on any atom is -0.341 e. The number of rotatable bonds is 2. The molecule has 4 nitrogen and oxygen atoms in total. The molecule has 0 radical (unpaired) electrons. The minimum atomic E-state index is -0.192. The van der Waals surface area contributed by atoms with Crippen molar-refractivity contribution in [1.82, 2.24) is 5.32 Å². The van der Waals surface area contributed by atoms with Gasteiger partial charge in [-0.3, -0.25) is 9.59 Å². The van der Waals surface area contributed by atoms with Gasteiger partial charge in [-0.15, -0.1) is 6.42 Å². The summed E-state index contributed by atoms with van der Waals surface area (Å²) in [5, 5.41) is 5.37. The van der Waals surface area contributed by atoms with Gasteiger partial charge in [-0.2, -0.15) is 0 Å². The van der Waals surface area contributed by atoms with Crippen molar-refractivity contribution in [3.05, 3.63) is 29.3 Å². The number of terminal acetylenes is 1. The molecule has 0 aliphatic carbocycles. The van der Waals surface area contributed by atoms with E-state index in [0.717, 1.165) is 11.3 Å². The summed E-state index contributed by atoms with van der Waals surface area (Å²) in [6.07, 6.45) is 6.19. The summed E-state index contributed by atoms with van der Waals surface area (Å²) >= 11 is 0. The normalized spacial score (nSPS) is 13.2. The molecule has 1 aliphatic rings. The van der Waals surface area contributed by atoms with Crippen LogP contribution in [0.2, 0.25) is 0 Å². The first kappa shape index (κ1) is 11.2. The molecule has 1 heterocycles. The molecule has 1 aliphatic heterocycles. The third kappa shape index (κ3) is 2.45. The van der Waals surface area contributed by atoms with E-state index in [9.17, 15) is 9.59 Å². The van der Waals surface area contributed by atoms with Gasteiger partial charge in [0.2, 0.25) is 5.91 Å². The van der Waals surface area contributed by atoms with Crippen LogP contribution in [0.4, 0.5) is 5.69 Å². The Labute approximate surface area is 99.4 Å². The molecule has 0 saturated heterocycles. The molecule has 0 atom stereocenters. The van der Waals surface area contributed by atoms with Crippen molar-refractivity contribution in [3.8, 4) is 12.3 Å². The zero-order valence-corrected chi connectivity index (χ0v) is 9.25. The molecule has 0 bridgehead atoms. The molecule has 1 aromatic rings. The van der Waals surface area contributed by atoms with Crippen molar-refractivity contribution in [1.29, 1.82) is 0 Å². The fraction of sp³-hybridized carbons (Fsp3) is 0.231. The van der Waals surface area contributed by atoms with Crippen molar-refractivity contribution in [2.45, 2.75) is 12.8 Å². The standard InChI is InChI=1S/C13H12N2O2/c1-2-7-14-13(17)10-3-5-11-9(8-10)4-6-12(16)15-11/h1,3,5,8H,4,6-7H2,(H,14,17)(H,15,16). The summed E-state index contributed by atoms with van der Waals surface area (Å²) in [6, 6.07) is 5.22. The van der Waals surface area contributed by atoms with Crippen LogP contribution in [0, 0.1) is 12.3 Å². The summed E-state index contributed by atoms with van der Waals surface area (Å²) < 4.78 is 0. The second kappa shape index (κ2) is 4.71. The molecule has 0 spiro atoms. The Kier molecular flexibility index (Phi) is 3.10. The minimum absolute atomic E-state index is 0.0158. The lowest BCUT2D eigenvalue weighted by atomic mass is 10.00. The van der Waals surface area contributed by atoms with E-state index in [1.54, 1.807) is 18.2 Å². The zero-order chi connectivity index (χ0) is 12.3. The molecule has 0 saturated carbocycles. The maximum absolute atomic E-state index is 11.7. The lowest BCUT2D eigenvalue weighted by molar-refractivity contribution is -0.116. The highest BCUT2D eigenvalue weighted by molar-refractivity contribution is 5.97. The van der Waals surface area contributed by atoms with E-state index in [1.807, 2.05) is 0 Å². The molecule has 0 unspecified atom stereocenters. The second-order valence-corrected chi connectivity index (χ2v) is 3.81. The van der Waals surface area contributed by atoms with Crippen LogP contribution in [0.25, 0.3) is 0 Å². The summed E-state index contributed by atoms with van der Waals surface area (Å²) in [5.74, 6) is 2.17. The van der Waals surface area contributed by atoms with Crippen molar-refractivity contribution >= 4 is 17.5 Å². The summed E-state index contributed by atoms with van der Waals surface area (Å²) in [6.45, 7) is 0.215. The Balaban J connectivity index is 2.19. The van der Waals surface area contributed by atoms with Gasteiger partial charge >= 0.3 is 0 Å². The number of amides is 2. The Hall–Kier alpha value is -2.28. The molecular weight excluding hydrogens is 216 g/mol. The first-order valence-corrected chi connectivity index (χ1v) is 5.35. The van der Waals surface area contributed by atoms with E-state index in [-0.39, 0.29) is 18.4 Å². The SMILES string of the molecule is C#CCNC(=O)c1ccc2c(c1)CCC(=O)N2. The highest BCUT2D eigenvalue weighted by atomic mass is 16.2. The van der Waals surface area contributed by atoms with Gasteiger partial charge in [0.25, 0.3) is 5.91 Å². The number of benzene rings is 1. The van der Waals surface area contributed by atoms with Crippen molar-refractivity contribution in [2.24, 2.45) is 0 Å². The highest BCUT2D eigenvalue weighted by Crippen LogP contribution is 2.23. The summed E-state index contributed by atoms with van der Waals surface area (Å²) in [4.78, 5) is 22.8. The number of hydrogen-bond acceptors (Lipinski definition) is 2. The second-order valence-electron chi connectivity index (χ2n) is 3.81. The molecule has 0 fully saturated rings. The average molecular weight is 228 g/mol. The van der Waals surface area contributed by atoms with Crippen LogP contribution >= 0.6 is 0 Å². The van der Waals surface area contributed by atoms with Gasteiger partial charge < -0.3 is 10.6 Å². The number of fused-ring (bicyclic) bond motifs is 1. The molecule has 2 amide bonds. The van der Waals surface area contributed by atoms with E-state index >= 15 is 0 Å². The van der Waals surface area contributed by atoms with Crippen LogP contribution in [0.1, 0.15) is 22.3 Å². The Morgan fingerprint density at radius 1 is 1.47 bits per heavy atom. The third-order valence-electron chi connectivity index (χ3n) is 2.61. The van der Waals surface area contributed by atoms with Crippen molar-refractivity contribution in [2.75, 3.05) is 11.9 Å². The lowest BCUT2D eigenvalue weighted by Crippen LogP contribution is -2.24. The first-order valence-electron chi connectivity index (χ1n) is 5.35. The summed E-state index contributed by atoms with van der Waals surface area (Å²) in [7, 11) is 0. The Morgan fingerprint density at radius 2 is 2.29 bits per heavy atom. The van der Waals surface area contributed by atoms with Crippen molar-refractivity contribution < 1.29 is 9.59 Å². The largest absolute Gasteiger partial charge is 0.341 e. The summed E-state index contributed by atoms with van der Waals surface area (Å²) in [5.41, 5.74) is 2.34. The number of carbonyl (C=O) groups excluding carboxylic acids is 2. The lowest BCUT2D eigenvalue weighted by Gasteiger charge is -2.17. The molecule has 17 heavy (non-hydrogen) atoms. The molecule has 2 N–H and O–H groups in total. The maximum atomic E-state index is 11.7. The molecule has 0 aromatic heterocycles. The third-order valence-corrected chi connectivity index (χ3v) is 2.61. The van der Waals surface area contributed by atoms with Gasteiger partial charge in [0.05, 0.1) is 6.54 Å². The zero-order valence-electron chi connectivity index (χ0n) is 9.25.